The number of hydrogen-bond donors (Lipinski definition) is 3. The average molecular weight is 729 g/mol. The van der Waals surface area contributed by atoms with E-state index in [2.05, 4.69) is 31.5 Å². The first kappa shape index (κ1) is 34.7. The van der Waals surface area contributed by atoms with E-state index in [1.165, 1.54) is 24.3 Å². The number of benzene rings is 4. The number of aliphatic hydroxyl groups excluding tert-OH is 1. The van der Waals surface area contributed by atoms with Crippen molar-refractivity contribution in [3.05, 3.63) is 124 Å². The zero-order valence-electron chi connectivity index (χ0n) is 25.8. The number of hydrogen-bond acceptors (Lipinski definition) is 8. The van der Waals surface area contributed by atoms with Gasteiger partial charge in [-0.25, -0.2) is 10.4 Å². The molecule has 13 heteroatoms. The quantitative estimate of drug-likeness (QED) is 0.101. The topological polar surface area (TPSA) is 111 Å². The maximum Gasteiger partial charge on any atom is 0.573 e. The monoisotopic (exact) mass is 727 g/mol. The molecule has 4 aromatic carbocycles. The van der Waals surface area contributed by atoms with Crippen LogP contribution in [0.1, 0.15) is 34.8 Å². The summed E-state index contributed by atoms with van der Waals surface area (Å²) in [4.78, 5) is 19.4. The van der Waals surface area contributed by atoms with Gasteiger partial charge in [-0.3, -0.25) is 10.2 Å². The number of methoxy groups -OCH3 is 1. The van der Waals surface area contributed by atoms with E-state index in [4.69, 9.17) is 24.3 Å². The van der Waals surface area contributed by atoms with Crippen LogP contribution in [0.25, 0.3) is 0 Å². The molecule has 1 aliphatic rings. The largest absolute Gasteiger partial charge is 0.573 e. The predicted octanol–water partition coefficient (Wildman–Crippen LogP) is 6.44. The summed E-state index contributed by atoms with van der Waals surface area (Å²) in [6.45, 7) is 0.481. The lowest BCUT2D eigenvalue weighted by Gasteiger charge is -2.31. The molecular weight excluding hydrogens is 695 g/mol. The summed E-state index contributed by atoms with van der Waals surface area (Å²) >= 11 is 3.61. The number of rotatable bonds is 14. The van der Waals surface area contributed by atoms with Crippen molar-refractivity contribution in [3.63, 3.8) is 0 Å². The summed E-state index contributed by atoms with van der Waals surface area (Å²) in [5.41, 5.74) is 6.81. The Morgan fingerprint density at radius 2 is 1.71 bits per heavy atom. The summed E-state index contributed by atoms with van der Waals surface area (Å²) in [6, 6.07) is 27.1. The Kier molecular flexibility index (Phi) is 11.2. The van der Waals surface area contributed by atoms with Crippen LogP contribution >= 0.6 is 15.9 Å². The van der Waals surface area contributed by atoms with Crippen molar-refractivity contribution < 1.29 is 42.0 Å². The van der Waals surface area contributed by atoms with E-state index in [1.54, 1.807) is 49.6 Å². The molecule has 48 heavy (non-hydrogen) atoms. The van der Waals surface area contributed by atoms with Crippen LogP contribution in [-0.2, 0) is 22.5 Å². The van der Waals surface area contributed by atoms with Crippen molar-refractivity contribution in [2.75, 3.05) is 20.3 Å². The Labute approximate surface area is 283 Å². The molecule has 0 unspecified atom stereocenters. The molecule has 0 fully saturated rings. The van der Waals surface area contributed by atoms with Gasteiger partial charge in [-0.05, 0) is 71.3 Å². The highest BCUT2D eigenvalue weighted by atomic mass is 79.9. The van der Waals surface area contributed by atoms with E-state index in [1.807, 2.05) is 30.3 Å². The van der Waals surface area contributed by atoms with Gasteiger partial charge in [-0.1, -0.05) is 58.4 Å². The van der Waals surface area contributed by atoms with Gasteiger partial charge in [0.1, 0.15) is 17.2 Å². The molecule has 0 saturated carbocycles. The zero-order valence-corrected chi connectivity index (χ0v) is 27.4. The molecule has 1 amide bonds. The first-order chi connectivity index (χ1) is 23.1. The minimum absolute atomic E-state index is 0.0219. The van der Waals surface area contributed by atoms with E-state index in [0.29, 0.717) is 41.2 Å². The van der Waals surface area contributed by atoms with Gasteiger partial charge in [0, 0.05) is 36.0 Å². The van der Waals surface area contributed by atoms with Crippen LogP contribution in [-0.4, -0.2) is 49.1 Å². The fourth-order valence-electron chi connectivity index (χ4n) is 5.16. The van der Waals surface area contributed by atoms with Crippen molar-refractivity contribution in [2.45, 2.75) is 37.4 Å². The minimum Gasteiger partial charge on any atom is -0.497 e. The molecule has 9 nitrogen and oxygen atoms in total. The zero-order chi connectivity index (χ0) is 34.1. The number of aliphatic imine (C=N–C) groups is 1. The van der Waals surface area contributed by atoms with Crippen molar-refractivity contribution in [1.29, 1.82) is 0 Å². The van der Waals surface area contributed by atoms with Gasteiger partial charge in [0.2, 0.25) is 5.90 Å². The molecule has 0 radical (unpaired) electrons. The molecule has 2 atom stereocenters. The second-order valence-corrected chi connectivity index (χ2v) is 11.7. The van der Waals surface area contributed by atoms with E-state index in [0.717, 1.165) is 10.0 Å². The van der Waals surface area contributed by atoms with Gasteiger partial charge in [-0.2, -0.15) is 0 Å². The molecule has 4 aromatic rings. The van der Waals surface area contributed by atoms with Gasteiger partial charge >= 0.3 is 6.36 Å². The third-order valence-electron chi connectivity index (χ3n) is 7.50. The van der Waals surface area contributed by atoms with Gasteiger partial charge in [0.15, 0.2) is 11.6 Å². The second kappa shape index (κ2) is 15.5. The average Bonchev–Trinajstić information content (AvgIpc) is 3.47. The van der Waals surface area contributed by atoms with Gasteiger partial charge in [0.25, 0.3) is 5.91 Å². The number of nitrogens with one attached hydrogen (secondary N) is 2. The maximum absolute atomic E-state index is 14.4. The minimum atomic E-state index is -4.80. The molecule has 0 aliphatic carbocycles. The lowest BCUT2D eigenvalue weighted by molar-refractivity contribution is -0.274. The SMILES string of the molecule is COc1cccc([C@@H]2OC(c3ccc(OCCCO)cc3)=N[C@]2(Cc2ccccc2Br)C(=O)NNCc2ccc(OC(F)(F)F)cc2)c1. The third-order valence-corrected chi connectivity index (χ3v) is 8.27. The lowest BCUT2D eigenvalue weighted by Crippen LogP contribution is -2.53. The number of carbonyl (C=O) groups excluding carboxylic acids is 1. The van der Waals surface area contributed by atoms with Crippen LogP contribution in [0.4, 0.5) is 13.2 Å². The Balaban J connectivity index is 1.48. The first-order valence-electron chi connectivity index (χ1n) is 15.0. The number of ether oxygens (including phenoxy) is 4. The molecule has 0 aromatic heterocycles. The Bertz CT molecular complexity index is 1720. The van der Waals surface area contributed by atoms with Gasteiger partial charge < -0.3 is 24.1 Å². The van der Waals surface area contributed by atoms with Crippen LogP contribution in [0, 0.1) is 0 Å². The van der Waals surface area contributed by atoms with E-state index >= 15 is 0 Å². The normalized spacial score (nSPS) is 17.3. The summed E-state index contributed by atoms with van der Waals surface area (Å²) in [5, 5.41) is 9.06. The maximum atomic E-state index is 14.4. The van der Waals surface area contributed by atoms with Crippen molar-refractivity contribution >= 4 is 27.7 Å². The van der Waals surface area contributed by atoms with Gasteiger partial charge in [-0.15, -0.1) is 13.2 Å². The van der Waals surface area contributed by atoms with E-state index in [9.17, 15) is 18.0 Å². The first-order valence-corrected chi connectivity index (χ1v) is 15.8. The van der Waals surface area contributed by atoms with Crippen molar-refractivity contribution in [3.8, 4) is 17.2 Å². The van der Waals surface area contributed by atoms with Crippen molar-refractivity contribution in [2.24, 2.45) is 4.99 Å². The summed E-state index contributed by atoms with van der Waals surface area (Å²) < 4.78 is 60.2. The van der Waals surface area contributed by atoms with Crippen LogP contribution in [0.2, 0.25) is 0 Å². The lowest BCUT2D eigenvalue weighted by atomic mass is 9.82. The molecule has 0 saturated heterocycles. The molecule has 0 spiro atoms. The summed E-state index contributed by atoms with van der Waals surface area (Å²) in [5.74, 6) is 0.572. The summed E-state index contributed by atoms with van der Waals surface area (Å²) in [7, 11) is 1.55. The molecule has 5 rings (SSSR count). The fourth-order valence-corrected chi connectivity index (χ4v) is 5.59. The van der Waals surface area contributed by atoms with Crippen molar-refractivity contribution in [1.82, 2.24) is 10.9 Å². The third kappa shape index (κ3) is 8.65. The highest BCUT2D eigenvalue weighted by Gasteiger charge is 2.53. The highest BCUT2D eigenvalue weighted by Crippen LogP contribution is 2.44. The van der Waals surface area contributed by atoms with Crippen LogP contribution in [0.15, 0.2) is 107 Å². The second-order valence-electron chi connectivity index (χ2n) is 10.8. The number of aliphatic hydroxyl groups is 1. The number of hydrazine groups is 1. The Morgan fingerprint density at radius 3 is 2.40 bits per heavy atom. The number of carbonyl (C=O) groups is 1. The summed E-state index contributed by atoms with van der Waals surface area (Å²) in [6.07, 6.45) is -5.05. The number of alkyl halides is 3. The number of halogens is 4. The molecular formula is C35H33BrF3N3O6. The van der Waals surface area contributed by atoms with E-state index in [-0.39, 0.29) is 31.2 Å². The Hall–Kier alpha value is -4.59. The van der Waals surface area contributed by atoms with Crippen LogP contribution < -0.4 is 25.1 Å². The molecule has 1 aliphatic heterocycles. The van der Waals surface area contributed by atoms with Crippen LogP contribution in [0.3, 0.4) is 0 Å². The molecule has 0 bridgehead atoms. The van der Waals surface area contributed by atoms with E-state index < -0.39 is 23.9 Å². The van der Waals surface area contributed by atoms with Gasteiger partial charge in [0.05, 0.1) is 13.7 Å². The number of amides is 1. The number of nitrogens with zero attached hydrogens (tertiary/aromatic N) is 1. The molecule has 1 heterocycles. The molecule has 3 N–H and O–H groups in total. The van der Waals surface area contributed by atoms with Crippen LogP contribution in [0.5, 0.6) is 17.2 Å². The smallest absolute Gasteiger partial charge is 0.497 e. The standard InChI is InChI=1S/C35H33BrF3N3O6/c1-45-29-8-4-7-25(20-29)31-34(21-26-6-2-3-9-30(26)36,41-32(47-31)24-12-16-27(17-13-24)46-19-5-18-43)33(44)42-40-22-23-10-14-28(15-11-23)48-35(37,38)39/h2-4,6-17,20,31,40,43H,5,18-19,21-22H2,1H3,(H,42,44)/t31-,34-/m0/s1. The predicted molar refractivity (Wildman–Crippen MR) is 176 cm³/mol. The molecule has 252 valence electrons. The highest BCUT2D eigenvalue weighted by molar-refractivity contribution is 9.10. The fraction of sp³-hybridized carbons (Fsp3) is 0.257. The Morgan fingerprint density at radius 1 is 0.979 bits per heavy atom.